The largest absolute Gasteiger partial charge is 0.508 e. The van der Waals surface area contributed by atoms with Gasteiger partial charge in [0.2, 0.25) is 5.88 Å². The summed E-state index contributed by atoms with van der Waals surface area (Å²) in [5.74, 6) is -0.404. The van der Waals surface area contributed by atoms with E-state index in [1.165, 1.54) is 0 Å². The summed E-state index contributed by atoms with van der Waals surface area (Å²) < 4.78 is 0. The van der Waals surface area contributed by atoms with E-state index in [4.69, 9.17) is 11.6 Å². The summed E-state index contributed by atoms with van der Waals surface area (Å²) in [4.78, 5) is 12.7. The molecular weight excluding hydrogens is 378 g/mol. The Labute approximate surface area is 165 Å². The van der Waals surface area contributed by atoms with E-state index in [-0.39, 0.29) is 22.7 Å². The molecule has 7 heteroatoms. The molecule has 0 unspecified atom stereocenters. The minimum absolute atomic E-state index is 0.105. The van der Waals surface area contributed by atoms with Gasteiger partial charge in [-0.2, -0.15) is 0 Å². The maximum absolute atomic E-state index is 12.7. The van der Waals surface area contributed by atoms with Crippen LogP contribution >= 0.6 is 11.6 Å². The number of anilines is 1. The van der Waals surface area contributed by atoms with Gasteiger partial charge in [-0.25, -0.2) is 0 Å². The molecule has 3 N–H and O–H groups in total. The van der Waals surface area contributed by atoms with Crippen LogP contribution in [0, 0.1) is 0 Å². The summed E-state index contributed by atoms with van der Waals surface area (Å²) >= 11 is 6.03. The Kier molecular flexibility index (Phi) is 4.55. The standard InChI is InChI=1S/C21H14ClN3O3/c22-19-18-11-14(7-8-17(18)21(28)25-24-19)20(27)23-15-5-1-3-12(9-15)13-4-2-6-16(26)10-13/h1-11,26H,(H,23,27)(H,25,28). The maximum atomic E-state index is 12.7. The molecule has 0 radical (unpaired) electrons. The number of carbonyl (C=O) groups is 1. The lowest BCUT2D eigenvalue weighted by Crippen LogP contribution is -2.11. The average Bonchev–Trinajstić information content (AvgIpc) is 2.71. The smallest absolute Gasteiger partial charge is 0.255 e. The number of phenols is 1. The number of benzene rings is 3. The normalized spacial score (nSPS) is 10.8. The van der Waals surface area contributed by atoms with Crippen molar-refractivity contribution < 1.29 is 15.0 Å². The van der Waals surface area contributed by atoms with Crippen LogP contribution in [0.1, 0.15) is 10.4 Å². The number of aromatic hydroxyl groups is 2. The van der Waals surface area contributed by atoms with Crippen LogP contribution in [0.25, 0.3) is 21.9 Å². The van der Waals surface area contributed by atoms with Crippen LogP contribution in [0.3, 0.4) is 0 Å². The Balaban J connectivity index is 1.63. The number of halogens is 1. The van der Waals surface area contributed by atoms with Gasteiger partial charge >= 0.3 is 0 Å². The van der Waals surface area contributed by atoms with E-state index in [1.807, 2.05) is 24.3 Å². The van der Waals surface area contributed by atoms with Crippen LogP contribution in [0.15, 0.2) is 66.7 Å². The predicted octanol–water partition coefficient (Wildman–Crippen LogP) is 4.61. The summed E-state index contributed by atoms with van der Waals surface area (Å²) in [6.07, 6.45) is 0. The van der Waals surface area contributed by atoms with Gasteiger partial charge in [-0.05, 0) is 53.6 Å². The lowest BCUT2D eigenvalue weighted by atomic mass is 10.0. The van der Waals surface area contributed by atoms with Gasteiger partial charge in [0.15, 0.2) is 5.15 Å². The van der Waals surface area contributed by atoms with Crippen molar-refractivity contribution in [3.05, 3.63) is 77.4 Å². The van der Waals surface area contributed by atoms with Crippen LogP contribution in [0.4, 0.5) is 5.69 Å². The number of fused-ring (bicyclic) bond motifs is 1. The van der Waals surface area contributed by atoms with E-state index >= 15 is 0 Å². The van der Waals surface area contributed by atoms with Gasteiger partial charge in [0.25, 0.3) is 5.91 Å². The molecule has 0 aliphatic rings. The third-order valence-corrected chi connectivity index (χ3v) is 4.56. The van der Waals surface area contributed by atoms with Crippen molar-refractivity contribution in [3.8, 4) is 22.8 Å². The second-order valence-corrected chi connectivity index (χ2v) is 6.52. The van der Waals surface area contributed by atoms with Crippen molar-refractivity contribution in [2.24, 2.45) is 0 Å². The van der Waals surface area contributed by atoms with E-state index in [2.05, 4.69) is 15.5 Å². The van der Waals surface area contributed by atoms with Gasteiger partial charge in [0.1, 0.15) is 5.75 Å². The molecular formula is C21H14ClN3O3. The van der Waals surface area contributed by atoms with Gasteiger partial charge in [0.05, 0.1) is 0 Å². The number of amides is 1. The second-order valence-electron chi connectivity index (χ2n) is 6.16. The van der Waals surface area contributed by atoms with Crippen LogP contribution in [-0.4, -0.2) is 26.3 Å². The van der Waals surface area contributed by atoms with Gasteiger partial charge in [0, 0.05) is 22.0 Å². The van der Waals surface area contributed by atoms with Crippen molar-refractivity contribution in [3.63, 3.8) is 0 Å². The van der Waals surface area contributed by atoms with Crippen molar-refractivity contribution in [2.75, 3.05) is 5.32 Å². The molecule has 4 rings (SSSR count). The summed E-state index contributed by atoms with van der Waals surface area (Å²) in [7, 11) is 0. The van der Waals surface area contributed by atoms with E-state index in [0.717, 1.165) is 11.1 Å². The van der Waals surface area contributed by atoms with E-state index < -0.39 is 0 Å². The first-order valence-corrected chi connectivity index (χ1v) is 8.75. The van der Waals surface area contributed by atoms with Gasteiger partial charge in [-0.15, -0.1) is 10.2 Å². The topological polar surface area (TPSA) is 95.3 Å². The highest BCUT2D eigenvalue weighted by molar-refractivity contribution is 6.34. The fourth-order valence-electron chi connectivity index (χ4n) is 2.92. The first-order valence-electron chi connectivity index (χ1n) is 8.37. The second kappa shape index (κ2) is 7.17. The molecule has 138 valence electrons. The zero-order valence-electron chi connectivity index (χ0n) is 14.4. The Morgan fingerprint density at radius 1 is 0.857 bits per heavy atom. The molecule has 1 heterocycles. The Bertz CT molecular complexity index is 1210. The Hall–Kier alpha value is -3.64. The number of phenolic OH excluding ortho intramolecular Hbond substituents is 1. The fourth-order valence-corrected chi connectivity index (χ4v) is 3.11. The SMILES string of the molecule is O=C(Nc1cccc(-c2cccc(O)c2)c1)c1ccc2c(O)nnc(Cl)c2c1. The van der Waals surface area contributed by atoms with Crippen molar-refractivity contribution >= 4 is 34.0 Å². The molecule has 1 amide bonds. The first-order chi connectivity index (χ1) is 13.5. The van der Waals surface area contributed by atoms with Crippen LogP contribution in [0.5, 0.6) is 11.6 Å². The maximum Gasteiger partial charge on any atom is 0.255 e. The zero-order valence-corrected chi connectivity index (χ0v) is 15.2. The van der Waals surface area contributed by atoms with E-state index in [0.29, 0.717) is 22.0 Å². The summed E-state index contributed by atoms with van der Waals surface area (Å²) in [5.41, 5.74) is 2.66. The highest BCUT2D eigenvalue weighted by Crippen LogP contribution is 2.29. The number of hydrogen-bond donors (Lipinski definition) is 3. The lowest BCUT2D eigenvalue weighted by molar-refractivity contribution is 0.102. The molecule has 4 aromatic rings. The van der Waals surface area contributed by atoms with Crippen LogP contribution < -0.4 is 5.32 Å². The molecule has 0 spiro atoms. The number of aromatic nitrogens is 2. The third-order valence-electron chi connectivity index (χ3n) is 4.28. The number of nitrogens with zero attached hydrogens (tertiary/aromatic N) is 2. The molecule has 0 bridgehead atoms. The minimum atomic E-state index is -0.331. The molecule has 0 fully saturated rings. The van der Waals surface area contributed by atoms with Crippen molar-refractivity contribution in [1.82, 2.24) is 10.2 Å². The number of carbonyl (C=O) groups excluding carboxylic acids is 1. The third kappa shape index (κ3) is 3.45. The summed E-state index contributed by atoms with van der Waals surface area (Å²) in [5, 5.41) is 30.4. The molecule has 0 atom stereocenters. The van der Waals surface area contributed by atoms with Crippen LogP contribution in [0.2, 0.25) is 5.15 Å². The average molecular weight is 392 g/mol. The van der Waals surface area contributed by atoms with E-state index in [1.54, 1.807) is 42.5 Å². The Morgan fingerprint density at radius 3 is 2.39 bits per heavy atom. The molecule has 0 aliphatic heterocycles. The van der Waals surface area contributed by atoms with Gasteiger partial charge in [-0.3, -0.25) is 4.79 Å². The number of nitrogens with one attached hydrogen (secondary N) is 1. The molecule has 0 saturated heterocycles. The molecule has 0 aliphatic carbocycles. The quantitative estimate of drug-likeness (QED) is 0.474. The number of hydrogen-bond acceptors (Lipinski definition) is 5. The molecule has 6 nitrogen and oxygen atoms in total. The molecule has 28 heavy (non-hydrogen) atoms. The highest BCUT2D eigenvalue weighted by atomic mass is 35.5. The first kappa shape index (κ1) is 17.8. The molecule has 1 aromatic heterocycles. The lowest BCUT2D eigenvalue weighted by Gasteiger charge is -2.09. The molecule has 3 aromatic carbocycles. The predicted molar refractivity (Wildman–Crippen MR) is 108 cm³/mol. The van der Waals surface area contributed by atoms with Gasteiger partial charge < -0.3 is 15.5 Å². The van der Waals surface area contributed by atoms with Crippen LogP contribution in [-0.2, 0) is 0 Å². The fraction of sp³-hybridized carbons (Fsp3) is 0. The summed E-state index contributed by atoms with van der Waals surface area (Å²) in [6, 6.07) is 18.9. The van der Waals surface area contributed by atoms with Gasteiger partial charge in [-0.1, -0.05) is 35.9 Å². The molecule has 0 saturated carbocycles. The van der Waals surface area contributed by atoms with Crippen molar-refractivity contribution in [2.45, 2.75) is 0 Å². The Morgan fingerprint density at radius 2 is 1.61 bits per heavy atom. The highest BCUT2D eigenvalue weighted by Gasteiger charge is 2.12. The van der Waals surface area contributed by atoms with Crippen molar-refractivity contribution in [1.29, 1.82) is 0 Å². The summed E-state index contributed by atoms with van der Waals surface area (Å²) in [6.45, 7) is 0. The minimum Gasteiger partial charge on any atom is -0.508 e. The number of rotatable bonds is 3. The van der Waals surface area contributed by atoms with E-state index in [9.17, 15) is 15.0 Å². The monoisotopic (exact) mass is 391 g/mol. The zero-order chi connectivity index (χ0) is 19.7.